The summed E-state index contributed by atoms with van der Waals surface area (Å²) in [5.74, 6) is -3.67. The van der Waals surface area contributed by atoms with Crippen LogP contribution in [0.1, 0.15) is 17.5 Å². The Hall–Kier alpha value is -3.25. The summed E-state index contributed by atoms with van der Waals surface area (Å²) in [6, 6.07) is 4.62. The molecule has 1 fully saturated rings. The number of hydrogen-bond donors (Lipinski definition) is 2. The number of imide groups is 1. The molecule has 1 aromatic carbocycles. The Morgan fingerprint density at radius 3 is 2.64 bits per heavy atom. The van der Waals surface area contributed by atoms with Crippen LogP contribution in [0.2, 0.25) is 0 Å². The molecule has 28 heavy (non-hydrogen) atoms. The van der Waals surface area contributed by atoms with Crippen molar-refractivity contribution >= 4 is 44.6 Å². The summed E-state index contributed by atoms with van der Waals surface area (Å²) in [5, 5.41) is -1.54. The number of nitrogens with zero attached hydrogens (tertiary/aromatic N) is 1. The molecule has 1 atom stereocenters. The van der Waals surface area contributed by atoms with Gasteiger partial charge in [-0.05, 0) is 24.6 Å². The second-order valence-corrected chi connectivity index (χ2v) is 7.72. The maximum atomic E-state index is 12.2. The molecule has 1 unspecified atom stereocenters. The lowest BCUT2D eigenvalue weighted by Gasteiger charge is -2.14. The molecular formula is C16H14N2O9S. The van der Waals surface area contributed by atoms with Crippen molar-refractivity contribution < 1.29 is 36.6 Å². The van der Waals surface area contributed by atoms with Gasteiger partial charge in [0, 0.05) is 17.1 Å². The molecule has 2 heterocycles. The molecule has 3 N–H and O–H groups in total. The van der Waals surface area contributed by atoms with Crippen molar-refractivity contribution in [2.45, 2.75) is 25.0 Å². The Morgan fingerprint density at radius 1 is 1.36 bits per heavy atom. The predicted molar refractivity (Wildman–Crippen MR) is 93.2 cm³/mol. The number of carbonyl (C=O) groups excluding carboxylic acids is 3. The van der Waals surface area contributed by atoms with Gasteiger partial charge in [0.15, 0.2) is 5.25 Å². The van der Waals surface area contributed by atoms with E-state index < -0.39 is 51.6 Å². The van der Waals surface area contributed by atoms with Crippen LogP contribution in [0.3, 0.4) is 0 Å². The van der Waals surface area contributed by atoms with Crippen LogP contribution in [0, 0.1) is 6.92 Å². The molecule has 11 nitrogen and oxygen atoms in total. The molecule has 0 radical (unpaired) electrons. The maximum Gasteiger partial charge on any atom is 0.340 e. The number of fused-ring (bicyclic) bond motifs is 1. The van der Waals surface area contributed by atoms with Gasteiger partial charge in [0.05, 0.1) is 18.4 Å². The number of rotatable bonds is 4. The number of hydrogen-bond acceptors (Lipinski definition) is 9. The van der Waals surface area contributed by atoms with Crippen molar-refractivity contribution in [2.75, 3.05) is 5.73 Å². The predicted octanol–water partition coefficient (Wildman–Crippen LogP) is -0.300. The quantitative estimate of drug-likeness (QED) is 0.295. The van der Waals surface area contributed by atoms with E-state index in [1.54, 1.807) is 19.1 Å². The van der Waals surface area contributed by atoms with Crippen LogP contribution in [-0.4, -0.2) is 41.1 Å². The summed E-state index contributed by atoms with van der Waals surface area (Å²) in [4.78, 5) is 52.5. The van der Waals surface area contributed by atoms with E-state index in [2.05, 4.69) is 4.84 Å². The van der Waals surface area contributed by atoms with Gasteiger partial charge in [0.2, 0.25) is 0 Å². The Kier molecular flexibility index (Phi) is 4.69. The number of aryl methyl sites for hydroxylation is 1. The van der Waals surface area contributed by atoms with Crippen LogP contribution in [0.15, 0.2) is 27.4 Å². The van der Waals surface area contributed by atoms with Crippen LogP contribution in [0.5, 0.6) is 0 Å². The number of carbonyl (C=O) groups is 3. The Labute approximate surface area is 157 Å². The Balaban J connectivity index is 1.84. The molecule has 1 saturated heterocycles. The van der Waals surface area contributed by atoms with Gasteiger partial charge in [0.25, 0.3) is 21.9 Å². The van der Waals surface area contributed by atoms with Gasteiger partial charge in [-0.15, -0.1) is 5.06 Å². The number of amides is 2. The molecular weight excluding hydrogens is 396 g/mol. The maximum absolute atomic E-state index is 12.2. The first-order chi connectivity index (χ1) is 13.0. The van der Waals surface area contributed by atoms with E-state index in [0.717, 1.165) is 0 Å². The zero-order valence-electron chi connectivity index (χ0n) is 14.4. The van der Waals surface area contributed by atoms with Crippen LogP contribution >= 0.6 is 0 Å². The Bertz CT molecular complexity index is 1180. The minimum Gasteiger partial charge on any atom is -0.422 e. The number of nitrogens with two attached hydrogens (primary N) is 1. The lowest BCUT2D eigenvalue weighted by Crippen LogP contribution is -2.37. The van der Waals surface area contributed by atoms with E-state index in [1.807, 2.05) is 0 Å². The van der Waals surface area contributed by atoms with Crippen molar-refractivity contribution in [3.8, 4) is 0 Å². The molecule has 2 aromatic rings. The first-order valence-electron chi connectivity index (χ1n) is 7.84. The molecule has 1 aromatic heterocycles. The summed E-state index contributed by atoms with van der Waals surface area (Å²) < 4.78 is 36.3. The third kappa shape index (κ3) is 3.46. The molecule has 0 bridgehead atoms. The number of anilines is 1. The van der Waals surface area contributed by atoms with Crippen molar-refractivity contribution in [1.82, 2.24) is 5.06 Å². The van der Waals surface area contributed by atoms with Gasteiger partial charge < -0.3 is 15.0 Å². The van der Waals surface area contributed by atoms with E-state index in [-0.39, 0.29) is 16.2 Å². The second-order valence-electron chi connectivity index (χ2n) is 6.12. The monoisotopic (exact) mass is 410 g/mol. The fourth-order valence-corrected chi connectivity index (χ4v) is 3.51. The van der Waals surface area contributed by atoms with E-state index in [0.29, 0.717) is 16.6 Å². The Morgan fingerprint density at radius 2 is 2.04 bits per heavy atom. The van der Waals surface area contributed by atoms with Crippen LogP contribution < -0.4 is 11.4 Å². The topological polar surface area (TPSA) is 174 Å². The van der Waals surface area contributed by atoms with Crippen LogP contribution in [0.25, 0.3) is 11.0 Å². The van der Waals surface area contributed by atoms with Gasteiger partial charge in [-0.2, -0.15) is 8.42 Å². The average molecular weight is 410 g/mol. The highest BCUT2D eigenvalue weighted by molar-refractivity contribution is 7.87. The van der Waals surface area contributed by atoms with E-state index >= 15 is 0 Å². The summed E-state index contributed by atoms with van der Waals surface area (Å²) in [7, 11) is -4.83. The van der Waals surface area contributed by atoms with Crippen molar-refractivity contribution in [3.63, 3.8) is 0 Å². The van der Waals surface area contributed by atoms with E-state index in [1.165, 1.54) is 6.07 Å². The normalized spacial score (nSPS) is 17.4. The molecule has 0 aliphatic carbocycles. The molecule has 0 spiro atoms. The minimum atomic E-state index is -4.83. The summed E-state index contributed by atoms with van der Waals surface area (Å²) >= 11 is 0. The van der Waals surface area contributed by atoms with Gasteiger partial charge in [-0.25, -0.2) is 9.59 Å². The summed E-state index contributed by atoms with van der Waals surface area (Å²) in [6.45, 7) is 1.57. The average Bonchev–Trinajstić information content (AvgIpc) is 2.86. The first kappa shape index (κ1) is 19.5. The number of nitrogen functional groups attached to an aromatic ring is 1. The number of benzene rings is 1. The standard InChI is InChI=1S/C16H14N2O9S/c1-7-9-3-2-8(17)4-11(9)26-16(22)10(7)5-14(20)27-18-13(19)6-12(15(18)21)28(23,24)25/h2-4,12H,5-6,17H2,1H3,(H,23,24,25). The highest BCUT2D eigenvalue weighted by Gasteiger charge is 2.48. The largest absolute Gasteiger partial charge is 0.422 e. The van der Waals surface area contributed by atoms with Gasteiger partial charge in [-0.1, -0.05) is 0 Å². The fraction of sp³-hybridized carbons (Fsp3) is 0.250. The molecule has 2 amide bonds. The number of hydroxylamine groups is 2. The van der Waals surface area contributed by atoms with E-state index in [4.69, 9.17) is 14.7 Å². The van der Waals surface area contributed by atoms with Crippen molar-refractivity contribution in [2.24, 2.45) is 0 Å². The molecule has 12 heteroatoms. The van der Waals surface area contributed by atoms with Crippen LogP contribution in [-0.2, 0) is 35.8 Å². The molecule has 3 rings (SSSR count). The molecule has 1 aliphatic heterocycles. The first-order valence-corrected chi connectivity index (χ1v) is 9.35. The van der Waals surface area contributed by atoms with Crippen molar-refractivity contribution in [1.29, 1.82) is 0 Å². The second kappa shape index (κ2) is 6.73. The smallest absolute Gasteiger partial charge is 0.340 e. The van der Waals surface area contributed by atoms with Crippen LogP contribution in [0.4, 0.5) is 5.69 Å². The van der Waals surface area contributed by atoms with Gasteiger partial charge in [-0.3, -0.25) is 14.1 Å². The zero-order chi connectivity index (χ0) is 20.8. The summed E-state index contributed by atoms with van der Waals surface area (Å²) in [6.07, 6.45) is -1.49. The zero-order valence-corrected chi connectivity index (χ0v) is 15.2. The lowest BCUT2D eigenvalue weighted by atomic mass is 10.0. The SMILES string of the molecule is Cc1c(CC(=O)ON2C(=O)CC(S(=O)(=O)O)C2=O)c(=O)oc2cc(N)ccc12. The van der Waals surface area contributed by atoms with Crippen molar-refractivity contribution in [3.05, 3.63) is 39.7 Å². The highest BCUT2D eigenvalue weighted by atomic mass is 32.2. The van der Waals surface area contributed by atoms with E-state index in [9.17, 15) is 27.6 Å². The molecule has 148 valence electrons. The highest BCUT2D eigenvalue weighted by Crippen LogP contribution is 2.23. The van der Waals surface area contributed by atoms with Gasteiger partial charge >= 0.3 is 11.6 Å². The third-order valence-electron chi connectivity index (χ3n) is 4.25. The minimum absolute atomic E-state index is 0.0283. The fourth-order valence-electron chi connectivity index (χ4n) is 2.80. The third-order valence-corrected chi connectivity index (χ3v) is 5.33. The lowest BCUT2D eigenvalue weighted by molar-refractivity contribution is -0.196. The van der Waals surface area contributed by atoms with Gasteiger partial charge in [0.1, 0.15) is 5.58 Å². The summed E-state index contributed by atoms with van der Waals surface area (Å²) in [5.41, 5.74) is 5.76. The molecule has 0 saturated carbocycles. The molecule has 1 aliphatic rings.